The van der Waals surface area contributed by atoms with Crippen molar-refractivity contribution in [3.8, 4) is 0 Å². The second kappa shape index (κ2) is 3.89. The van der Waals surface area contributed by atoms with Crippen LogP contribution in [0.5, 0.6) is 0 Å². The Kier molecular flexibility index (Phi) is 2.51. The summed E-state index contributed by atoms with van der Waals surface area (Å²) in [6.45, 7) is 0.834. The summed E-state index contributed by atoms with van der Waals surface area (Å²) in [6, 6.07) is 9.02. The fourth-order valence-corrected chi connectivity index (χ4v) is 3.85. The van der Waals surface area contributed by atoms with E-state index in [4.69, 9.17) is 5.73 Å². The second-order valence-corrected chi connectivity index (χ2v) is 5.54. The number of fused-ring (bicyclic) bond motifs is 1. The van der Waals surface area contributed by atoms with Gasteiger partial charge in [-0.25, -0.2) is 0 Å². The number of hydrogen-bond acceptors (Lipinski definition) is 1. The van der Waals surface area contributed by atoms with Crippen LogP contribution in [0.1, 0.15) is 49.1 Å². The molecule has 1 nitrogen and oxygen atoms in total. The van der Waals surface area contributed by atoms with Crippen molar-refractivity contribution in [3.63, 3.8) is 0 Å². The van der Waals surface area contributed by atoms with E-state index < -0.39 is 0 Å². The number of aryl methyl sites for hydroxylation is 1. The van der Waals surface area contributed by atoms with E-state index in [1.807, 2.05) is 0 Å². The van der Waals surface area contributed by atoms with Gasteiger partial charge in [-0.3, -0.25) is 0 Å². The molecule has 0 aliphatic heterocycles. The molecule has 2 aliphatic rings. The average molecular weight is 215 g/mol. The Labute approximate surface area is 98.0 Å². The Bertz CT molecular complexity index is 379. The van der Waals surface area contributed by atoms with E-state index in [1.165, 1.54) is 38.5 Å². The predicted octanol–water partition coefficient (Wildman–Crippen LogP) is 3.24. The zero-order chi connectivity index (χ0) is 11.0. The summed E-state index contributed by atoms with van der Waals surface area (Å²) in [4.78, 5) is 0. The highest BCUT2D eigenvalue weighted by Crippen LogP contribution is 2.58. The quantitative estimate of drug-likeness (QED) is 0.805. The fourth-order valence-electron chi connectivity index (χ4n) is 3.85. The van der Waals surface area contributed by atoms with Crippen LogP contribution in [-0.2, 0) is 6.42 Å². The minimum Gasteiger partial charge on any atom is -0.330 e. The van der Waals surface area contributed by atoms with Crippen LogP contribution >= 0.6 is 0 Å². The Balaban J connectivity index is 1.99. The van der Waals surface area contributed by atoms with Gasteiger partial charge in [-0.1, -0.05) is 30.7 Å². The van der Waals surface area contributed by atoms with E-state index in [0.29, 0.717) is 5.41 Å². The van der Waals surface area contributed by atoms with Crippen LogP contribution in [0, 0.1) is 5.41 Å². The van der Waals surface area contributed by atoms with Crippen LogP contribution in [-0.4, -0.2) is 6.54 Å². The molecule has 0 amide bonds. The third-order valence-electron chi connectivity index (χ3n) is 4.87. The van der Waals surface area contributed by atoms with E-state index in [1.54, 1.807) is 11.1 Å². The minimum absolute atomic E-state index is 0.633. The normalized spacial score (nSPS) is 26.2. The van der Waals surface area contributed by atoms with Crippen molar-refractivity contribution in [2.75, 3.05) is 6.54 Å². The minimum atomic E-state index is 0.633. The van der Waals surface area contributed by atoms with Crippen molar-refractivity contribution in [1.82, 2.24) is 0 Å². The second-order valence-electron chi connectivity index (χ2n) is 5.54. The molecule has 86 valence electrons. The Morgan fingerprint density at radius 1 is 1.19 bits per heavy atom. The molecule has 0 saturated heterocycles. The Morgan fingerprint density at radius 3 is 2.69 bits per heavy atom. The molecule has 1 saturated carbocycles. The van der Waals surface area contributed by atoms with Crippen molar-refractivity contribution >= 4 is 0 Å². The molecule has 1 heteroatoms. The zero-order valence-corrected chi connectivity index (χ0v) is 9.91. The number of hydrogen-bond donors (Lipinski definition) is 1. The molecule has 1 atom stereocenters. The van der Waals surface area contributed by atoms with Gasteiger partial charge in [0.25, 0.3) is 0 Å². The Hall–Kier alpha value is -0.820. The summed E-state index contributed by atoms with van der Waals surface area (Å²) in [5, 5.41) is 0. The van der Waals surface area contributed by atoms with Crippen molar-refractivity contribution < 1.29 is 0 Å². The first-order valence-corrected chi connectivity index (χ1v) is 6.64. The maximum Gasteiger partial charge on any atom is -0.00712 e. The molecule has 16 heavy (non-hydrogen) atoms. The van der Waals surface area contributed by atoms with Gasteiger partial charge in [-0.2, -0.15) is 0 Å². The van der Waals surface area contributed by atoms with E-state index in [-0.39, 0.29) is 0 Å². The van der Waals surface area contributed by atoms with Crippen LogP contribution in [0.25, 0.3) is 0 Å². The van der Waals surface area contributed by atoms with Gasteiger partial charge in [0.15, 0.2) is 0 Å². The largest absolute Gasteiger partial charge is 0.330 e. The van der Waals surface area contributed by atoms with Gasteiger partial charge in [0.05, 0.1) is 0 Å². The average Bonchev–Trinajstić information content (AvgIpc) is 2.28. The molecule has 2 N–H and O–H groups in total. The molecular weight excluding hydrogens is 194 g/mol. The topological polar surface area (TPSA) is 26.0 Å². The predicted molar refractivity (Wildman–Crippen MR) is 67.5 cm³/mol. The molecule has 1 aromatic rings. The maximum absolute atomic E-state index is 5.82. The lowest BCUT2D eigenvalue weighted by molar-refractivity contribution is 0.0669. The smallest absolute Gasteiger partial charge is 0.00712 e. The summed E-state index contributed by atoms with van der Waals surface area (Å²) >= 11 is 0. The first kappa shape index (κ1) is 10.3. The summed E-state index contributed by atoms with van der Waals surface area (Å²) in [5.74, 6) is 0.746. The lowest BCUT2D eigenvalue weighted by Gasteiger charge is -2.51. The van der Waals surface area contributed by atoms with Crippen LogP contribution in [0.4, 0.5) is 0 Å². The van der Waals surface area contributed by atoms with E-state index in [2.05, 4.69) is 24.3 Å². The van der Waals surface area contributed by atoms with Crippen molar-refractivity contribution in [2.24, 2.45) is 11.1 Å². The maximum atomic E-state index is 5.82. The summed E-state index contributed by atoms with van der Waals surface area (Å²) < 4.78 is 0. The van der Waals surface area contributed by atoms with E-state index in [0.717, 1.165) is 12.5 Å². The highest BCUT2D eigenvalue weighted by molar-refractivity contribution is 5.35. The highest BCUT2D eigenvalue weighted by Gasteiger charge is 2.46. The fraction of sp³-hybridized carbons (Fsp3) is 0.600. The van der Waals surface area contributed by atoms with Crippen LogP contribution in [0.3, 0.4) is 0 Å². The van der Waals surface area contributed by atoms with Crippen LogP contribution in [0.2, 0.25) is 0 Å². The van der Waals surface area contributed by atoms with Gasteiger partial charge < -0.3 is 5.73 Å². The molecule has 0 radical (unpaired) electrons. The van der Waals surface area contributed by atoms with Gasteiger partial charge in [0, 0.05) is 0 Å². The number of rotatable bonds is 2. The molecule has 1 spiro atoms. The summed E-state index contributed by atoms with van der Waals surface area (Å²) in [6.07, 6.45) is 8.17. The molecule has 0 heterocycles. The molecule has 1 fully saturated rings. The number of nitrogens with two attached hydrogens (primary N) is 1. The van der Waals surface area contributed by atoms with Gasteiger partial charge in [-0.05, 0) is 61.1 Å². The first-order chi connectivity index (χ1) is 7.86. The van der Waals surface area contributed by atoms with Crippen LogP contribution in [0.15, 0.2) is 24.3 Å². The third kappa shape index (κ3) is 1.41. The Morgan fingerprint density at radius 2 is 2.00 bits per heavy atom. The lowest BCUT2D eigenvalue weighted by atomic mass is 9.53. The van der Waals surface area contributed by atoms with E-state index >= 15 is 0 Å². The van der Waals surface area contributed by atoms with E-state index in [9.17, 15) is 0 Å². The zero-order valence-electron chi connectivity index (χ0n) is 9.91. The monoisotopic (exact) mass is 215 g/mol. The molecule has 0 bridgehead atoms. The summed E-state index contributed by atoms with van der Waals surface area (Å²) in [5.41, 5.74) is 9.64. The third-order valence-corrected chi connectivity index (χ3v) is 4.87. The molecule has 3 rings (SSSR count). The first-order valence-electron chi connectivity index (χ1n) is 6.64. The molecule has 0 aromatic heterocycles. The highest BCUT2D eigenvalue weighted by atomic mass is 14.6. The molecule has 1 aromatic carbocycles. The van der Waals surface area contributed by atoms with Gasteiger partial charge in [0.2, 0.25) is 0 Å². The van der Waals surface area contributed by atoms with Crippen molar-refractivity contribution in [2.45, 2.75) is 44.4 Å². The lowest BCUT2D eigenvalue weighted by Crippen LogP contribution is -2.40. The van der Waals surface area contributed by atoms with Gasteiger partial charge in [0.1, 0.15) is 0 Å². The molecule has 1 unspecified atom stereocenters. The van der Waals surface area contributed by atoms with Gasteiger partial charge in [-0.15, -0.1) is 0 Å². The van der Waals surface area contributed by atoms with Gasteiger partial charge >= 0.3 is 0 Å². The summed E-state index contributed by atoms with van der Waals surface area (Å²) in [7, 11) is 0. The SMILES string of the molecule is NCCC1c2ccccc2CCC12CCC2. The van der Waals surface area contributed by atoms with Crippen LogP contribution < -0.4 is 5.73 Å². The van der Waals surface area contributed by atoms with Crippen molar-refractivity contribution in [3.05, 3.63) is 35.4 Å². The van der Waals surface area contributed by atoms with Crippen molar-refractivity contribution in [1.29, 1.82) is 0 Å². The standard InChI is InChI=1S/C15H21N/c16-11-7-14-13-5-2-1-4-12(13)6-10-15(14)8-3-9-15/h1-2,4-5,14H,3,6-11,16H2. The molecule has 2 aliphatic carbocycles. The molecular formula is C15H21N. The number of benzene rings is 1.